The topological polar surface area (TPSA) is 117 Å². The molecular formula is C14H5N7O2S2. The van der Waals surface area contributed by atoms with Crippen LogP contribution in [-0.2, 0) is 0 Å². The van der Waals surface area contributed by atoms with Gasteiger partial charge in [-0.25, -0.2) is 14.4 Å². The van der Waals surface area contributed by atoms with E-state index in [2.05, 4.69) is 20.2 Å². The molecule has 0 saturated heterocycles. The number of hydrogen-bond acceptors (Lipinski definition) is 8. The molecule has 25 heavy (non-hydrogen) atoms. The van der Waals surface area contributed by atoms with Crippen LogP contribution in [0.5, 0.6) is 0 Å². The Morgan fingerprint density at radius 3 is 3.04 bits per heavy atom. The number of nitriles is 1. The molecule has 0 aliphatic heterocycles. The molecule has 0 unspecified atom stereocenters. The fourth-order valence-electron chi connectivity index (χ4n) is 2.63. The number of thiazole rings is 1. The number of rotatable bonds is 1. The molecule has 1 N–H and O–H groups in total. The predicted molar refractivity (Wildman–Crippen MR) is 91.0 cm³/mol. The van der Waals surface area contributed by atoms with Crippen molar-refractivity contribution < 1.29 is 4.42 Å². The molecular weight excluding hydrogens is 362 g/mol. The molecule has 0 aliphatic carbocycles. The summed E-state index contributed by atoms with van der Waals surface area (Å²) in [5.74, 6) is 0.355. The Morgan fingerprint density at radius 2 is 2.28 bits per heavy atom. The van der Waals surface area contributed by atoms with Gasteiger partial charge in [0.15, 0.2) is 22.0 Å². The summed E-state index contributed by atoms with van der Waals surface area (Å²) in [6, 6.07) is 5.23. The van der Waals surface area contributed by atoms with Crippen LogP contribution < -0.4 is 5.56 Å². The Kier molecular flexibility index (Phi) is 2.70. The van der Waals surface area contributed by atoms with Gasteiger partial charge in [-0.15, -0.1) is 0 Å². The summed E-state index contributed by atoms with van der Waals surface area (Å²) in [4.78, 5) is 22.0. The van der Waals surface area contributed by atoms with E-state index in [1.54, 1.807) is 16.5 Å². The average Bonchev–Trinajstić information content (AvgIpc) is 3.32. The minimum Gasteiger partial charge on any atom is -0.463 e. The first-order valence-electron chi connectivity index (χ1n) is 6.94. The first kappa shape index (κ1) is 14.0. The lowest BCUT2D eigenvalue weighted by molar-refractivity contribution is 0.579. The number of furan rings is 1. The SMILES string of the molecule is N#Cc1c(-c2ccco2)nc2sc3c4n[nH]c(=S)n4cnc3n2c1=O. The van der Waals surface area contributed by atoms with Gasteiger partial charge >= 0.3 is 0 Å². The molecule has 0 atom stereocenters. The fourth-order valence-corrected chi connectivity index (χ4v) is 3.86. The van der Waals surface area contributed by atoms with Gasteiger partial charge in [-0.1, -0.05) is 11.3 Å². The summed E-state index contributed by atoms with van der Waals surface area (Å²) < 4.78 is 9.26. The van der Waals surface area contributed by atoms with E-state index in [0.717, 1.165) is 0 Å². The zero-order valence-corrected chi connectivity index (χ0v) is 13.8. The third-order valence-corrected chi connectivity index (χ3v) is 5.04. The molecule has 5 heterocycles. The fraction of sp³-hybridized carbons (Fsp3) is 0. The third kappa shape index (κ3) is 1.77. The summed E-state index contributed by atoms with van der Waals surface area (Å²) in [6.45, 7) is 0. The minimum atomic E-state index is -0.504. The quantitative estimate of drug-likeness (QED) is 0.451. The Balaban J connectivity index is 2.01. The Bertz CT molecular complexity index is 1450. The number of aromatic nitrogens is 6. The van der Waals surface area contributed by atoms with Gasteiger partial charge in [0.05, 0.1) is 6.26 Å². The number of hydrogen-bond donors (Lipinski definition) is 1. The van der Waals surface area contributed by atoms with Crippen LogP contribution in [0.3, 0.4) is 0 Å². The highest BCUT2D eigenvalue weighted by Crippen LogP contribution is 2.28. The van der Waals surface area contributed by atoms with E-state index in [4.69, 9.17) is 16.6 Å². The maximum atomic E-state index is 12.9. The second-order valence-corrected chi connectivity index (χ2v) is 6.43. The molecule has 0 radical (unpaired) electrons. The maximum absolute atomic E-state index is 12.9. The van der Waals surface area contributed by atoms with E-state index < -0.39 is 5.56 Å². The van der Waals surface area contributed by atoms with E-state index in [0.29, 0.717) is 31.5 Å². The lowest BCUT2D eigenvalue weighted by Gasteiger charge is -2.00. The highest BCUT2D eigenvalue weighted by Gasteiger charge is 2.21. The largest absolute Gasteiger partial charge is 0.463 e. The van der Waals surface area contributed by atoms with Crippen molar-refractivity contribution in [3.63, 3.8) is 0 Å². The number of fused-ring (bicyclic) bond motifs is 5. The van der Waals surface area contributed by atoms with Crippen LogP contribution in [0.4, 0.5) is 0 Å². The van der Waals surface area contributed by atoms with Gasteiger partial charge < -0.3 is 4.42 Å². The number of nitrogens with zero attached hydrogens (tertiary/aromatic N) is 6. The molecule has 0 aliphatic rings. The molecule has 5 rings (SSSR count). The summed E-state index contributed by atoms with van der Waals surface area (Å²) >= 11 is 6.38. The van der Waals surface area contributed by atoms with Crippen molar-refractivity contribution in [3.05, 3.63) is 45.4 Å². The van der Waals surface area contributed by atoms with Crippen LogP contribution in [0.25, 0.3) is 32.4 Å². The monoisotopic (exact) mass is 367 g/mol. The van der Waals surface area contributed by atoms with Gasteiger partial charge in [-0.05, 0) is 24.4 Å². The van der Waals surface area contributed by atoms with Gasteiger partial charge in [0.25, 0.3) is 5.56 Å². The van der Waals surface area contributed by atoms with Crippen molar-refractivity contribution in [2.75, 3.05) is 0 Å². The lowest BCUT2D eigenvalue weighted by Crippen LogP contribution is -2.18. The molecule has 0 fully saturated rings. The molecule has 11 heteroatoms. The van der Waals surface area contributed by atoms with Crippen molar-refractivity contribution >= 4 is 44.5 Å². The molecule has 0 aromatic carbocycles. The van der Waals surface area contributed by atoms with Gasteiger partial charge in [0.2, 0.25) is 4.77 Å². The van der Waals surface area contributed by atoms with Crippen LogP contribution in [0.1, 0.15) is 5.56 Å². The van der Waals surface area contributed by atoms with Crippen molar-refractivity contribution in [1.29, 1.82) is 5.26 Å². The van der Waals surface area contributed by atoms with Crippen LogP contribution >= 0.6 is 23.6 Å². The maximum Gasteiger partial charge on any atom is 0.278 e. The molecule has 0 saturated carbocycles. The predicted octanol–water partition coefficient (Wildman–Crippen LogP) is 2.14. The molecule has 0 bridgehead atoms. The minimum absolute atomic E-state index is 0.104. The lowest BCUT2D eigenvalue weighted by atomic mass is 10.2. The van der Waals surface area contributed by atoms with Crippen molar-refractivity contribution in [3.8, 4) is 17.5 Å². The van der Waals surface area contributed by atoms with Crippen LogP contribution in [-0.4, -0.2) is 29.0 Å². The molecule has 120 valence electrons. The Hall–Kier alpha value is -3.36. The first-order valence-corrected chi connectivity index (χ1v) is 8.16. The molecule has 5 aromatic rings. The number of aromatic amines is 1. The number of H-pyrrole nitrogens is 1. The van der Waals surface area contributed by atoms with E-state index in [9.17, 15) is 10.1 Å². The van der Waals surface area contributed by atoms with Crippen LogP contribution in [0.2, 0.25) is 0 Å². The standard InChI is InChI=1S/C14H5N7O2S2/c15-4-6-8(7-2-1-3-23-7)17-14-21(12(6)22)10-9(25-14)11-18-19-13(24)20(11)5-16-10/h1-3,5H,(H,19,24). The second kappa shape index (κ2) is 4.82. The number of nitrogens with one attached hydrogen (secondary N) is 1. The van der Waals surface area contributed by atoms with Gasteiger partial charge in [0, 0.05) is 0 Å². The van der Waals surface area contributed by atoms with Crippen molar-refractivity contribution in [1.82, 2.24) is 29.0 Å². The van der Waals surface area contributed by atoms with Crippen LogP contribution in [0.15, 0.2) is 33.9 Å². The van der Waals surface area contributed by atoms with Gasteiger partial charge in [-0.3, -0.25) is 14.3 Å². The second-order valence-electron chi connectivity index (χ2n) is 5.07. The molecule has 0 spiro atoms. The smallest absolute Gasteiger partial charge is 0.278 e. The van der Waals surface area contributed by atoms with E-state index in [1.807, 2.05) is 6.07 Å². The highest BCUT2D eigenvalue weighted by atomic mass is 32.1. The zero-order chi connectivity index (χ0) is 17.1. The Morgan fingerprint density at radius 1 is 1.40 bits per heavy atom. The zero-order valence-electron chi connectivity index (χ0n) is 12.1. The van der Waals surface area contributed by atoms with E-state index >= 15 is 0 Å². The Labute approximate surface area is 146 Å². The molecule has 5 aromatic heterocycles. The summed E-state index contributed by atoms with van der Waals surface area (Å²) in [5.41, 5.74) is 0.521. The summed E-state index contributed by atoms with van der Waals surface area (Å²) in [7, 11) is 0. The first-order chi connectivity index (χ1) is 12.2. The normalized spacial score (nSPS) is 11.5. The van der Waals surface area contributed by atoms with E-state index in [-0.39, 0.29) is 11.3 Å². The molecule has 9 nitrogen and oxygen atoms in total. The highest BCUT2D eigenvalue weighted by molar-refractivity contribution is 7.71. The van der Waals surface area contributed by atoms with Crippen molar-refractivity contribution in [2.45, 2.75) is 0 Å². The van der Waals surface area contributed by atoms with Gasteiger partial charge in [-0.2, -0.15) is 10.4 Å². The summed E-state index contributed by atoms with van der Waals surface area (Å²) in [6.07, 6.45) is 2.94. The summed E-state index contributed by atoms with van der Waals surface area (Å²) in [5, 5.41) is 16.3. The third-order valence-electron chi connectivity index (χ3n) is 3.73. The van der Waals surface area contributed by atoms with Gasteiger partial charge in [0.1, 0.15) is 28.4 Å². The average molecular weight is 367 g/mol. The van der Waals surface area contributed by atoms with Crippen LogP contribution in [0, 0.1) is 16.1 Å². The van der Waals surface area contributed by atoms with E-state index in [1.165, 1.54) is 28.3 Å². The van der Waals surface area contributed by atoms with Crippen molar-refractivity contribution in [2.24, 2.45) is 0 Å². The molecule has 0 amide bonds.